The van der Waals surface area contributed by atoms with Gasteiger partial charge in [-0.3, -0.25) is 0 Å². The molecule has 0 fully saturated rings. The normalized spacial score (nSPS) is 10.6. The van der Waals surface area contributed by atoms with E-state index in [-0.39, 0.29) is 0 Å². The second-order valence-electron chi connectivity index (χ2n) is 4.79. The van der Waals surface area contributed by atoms with Crippen LogP contribution in [0.1, 0.15) is 30.2 Å². The summed E-state index contributed by atoms with van der Waals surface area (Å²) in [5.41, 5.74) is 3.34. The quantitative estimate of drug-likeness (QED) is 0.876. The van der Waals surface area contributed by atoms with Gasteiger partial charge in [0.05, 0.1) is 0 Å². The fourth-order valence-electron chi connectivity index (χ4n) is 2.00. The van der Waals surface area contributed by atoms with Crippen LogP contribution in [0.4, 0.5) is 0 Å². The first kappa shape index (κ1) is 14.5. The lowest BCUT2D eigenvalue weighted by Gasteiger charge is -2.08. The van der Waals surface area contributed by atoms with E-state index in [1.165, 1.54) is 5.56 Å². The summed E-state index contributed by atoms with van der Waals surface area (Å²) in [7, 11) is 1.90. The summed E-state index contributed by atoms with van der Waals surface area (Å²) < 4.78 is 5.68. The summed E-state index contributed by atoms with van der Waals surface area (Å²) in [5.74, 6) is 0.769. The van der Waals surface area contributed by atoms with Gasteiger partial charge in [-0.05, 0) is 38.1 Å². The van der Waals surface area contributed by atoms with Gasteiger partial charge in [0.25, 0.3) is 0 Å². The highest BCUT2D eigenvalue weighted by atomic mass is 16.5. The molecule has 20 heavy (non-hydrogen) atoms. The molecule has 0 unspecified atom stereocenters. The molecular formula is C16H21N3O. The summed E-state index contributed by atoms with van der Waals surface area (Å²) in [6, 6.07) is 8.49. The predicted octanol–water partition coefficient (Wildman–Crippen LogP) is 3.25. The Hall–Kier alpha value is -1.94. The van der Waals surface area contributed by atoms with Gasteiger partial charge in [0.15, 0.2) is 0 Å². The highest BCUT2D eigenvalue weighted by Crippen LogP contribution is 2.19. The van der Waals surface area contributed by atoms with Crippen LogP contribution in [0.3, 0.4) is 0 Å². The number of nitrogens with one attached hydrogen (secondary N) is 1. The van der Waals surface area contributed by atoms with Crippen LogP contribution in [-0.4, -0.2) is 17.0 Å². The average molecular weight is 271 g/mol. The first-order valence-electron chi connectivity index (χ1n) is 6.97. The van der Waals surface area contributed by atoms with E-state index in [0.29, 0.717) is 6.01 Å². The molecule has 4 heteroatoms. The summed E-state index contributed by atoms with van der Waals surface area (Å²) in [5, 5.41) is 3.09. The first-order valence-corrected chi connectivity index (χ1v) is 6.97. The second-order valence-corrected chi connectivity index (χ2v) is 4.79. The van der Waals surface area contributed by atoms with Crippen molar-refractivity contribution in [1.82, 2.24) is 15.3 Å². The van der Waals surface area contributed by atoms with Gasteiger partial charge in [0.1, 0.15) is 5.75 Å². The van der Waals surface area contributed by atoms with E-state index >= 15 is 0 Å². The van der Waals surface area contributed by atoms with E-state index in [2.05, 4.69) is 34.3 Å². The number of ether oxygens (including phenoxy) is 1. The van der Waals surface area contributed by atoms with Crippen molar-refractivity contribution in [1.29, 1.82) is 0 Å². The monoisotopic (exact) mass is 271 g/mol. The molecule has 0 spiro atoms. The van der Waals surface area contributed by atoms with Gasteiger partial charge >= 0.3 is 6.01 Å². The topological polar surface area (TPSA) is 47.0 Å². The standard InChI is InChI=1S/C16H21N3O/c1-4-5-13-6-8-15(9-7-13)20-16-18-11-14(10-17-3)12(2)19-16/h6-9,11,17H,4-5,10H2,1-3H3. The van der Waals surface area contributed by atoms with Gasteiger partial charge in [0.2, 0.25) is 0 Å². The number of aryl methyl sites for hydroxylation is 2. The molecular weight excluding hydrogens is 250 g/mol. The highest BCUT2D eigenvalue weighted by molar-refractivity contribution is 5.29. The molecule has 4 nitrogen and oxygen atoms in total. The van der Waals surface area contributed by atoms with E-state index in [1.807, 2.05) is 26.1 Å². The Kier molecular flexibility index (Phi) is 5.07. The molecule has 0 aliphatic carbocycles. The van der Waals surface area contributed by atoms with Crippen molar-refractivity contribution in [3.8, 4) is 11.8 Å². The van der Waals surface area contributed by atoms with Crippen LogP contribution in [-0.2, 0) is 13.0 Å². The SMILES string of the molecule is CCCc1ccc(Oc2ncc(CNC)c(C)n2)cc1. The van der Waals surface area contributed by atoms with Crippen LogP contribution in [0.2, 0.25) is 0 Å². The van der Waals surface area contributed by atoms with Crippen molar-refractivity contribution < 1.29 is 4.74 Å². The van der Waals surface area contributed by atoms with E-state index in [4.69, 9.17) is 4.74 Å². The molecule has 1 N–H and O–H groups in total. The van der Waals surface area contributed by atoms with E-state index < -0.39 is 0 Å². The van der Waals surface area contributed by atoms with Crippen LogP contribution in [0.5, 0.6) is 11.8 Å². The summed E-state index contributed by atoms with van der Waals surface area (Å²) >= 11 is 0. The molecule has 1 aromatic heterocycles. The van der Waals surface area contributed by atoms with Crippen molar-refractivity contribution in [2.45, 2.75) is 33.2 Å². The number of benzene rings is 1. The van der Waals surface area contributed by atoms with Crippen LogP contribution < -0.4 is 10.1 Å². The molecule has 0 amide bonds. The fraction of sp³-hybridized carbons (Fsp3) is 0.375. The molecule has 0 aliphatic heterocycles. The maximum atomic E-state index is 5.68. The first-order chi connectivity index (χ1) is 9.72. The van der Waals surface area contributed by atoms with Gasteiger partial charge in [-0.15, -0.1) is 0 Å². The lowest BCUT2D eigenvalue weighted by molar-refractivity contribution is 0.439. The molecule has 0 radical (unpaired) electrons. The van der Waals surface area contributed by atoms with Crippen molar-refractivity contribution >= 4 is 0 Å². The van der Waals surface area contributed by atoms with E-state index in [9.17, 15) is 0 Å². The zero-order valence-corrected chi connectivity index (χ0v) is 12.3. The van der Waals surface area contributed by atoms with Gasteiger partial charge in [-0.1, -0.05) is 25.5 Å². The molecule has 0 atom stereocenters. The Morgan fingerprint density at radius 1 is 1.20 bits per heavy atom. The third kappa shape index (κ3) is 3.78. The molecule has 0 saturated carbocycles. The Morgan fingerprint density at radius 2 is 1.95 bits per heavy atom. The third-order valence-corrected chi connectivity index (χ3v) is 3.10. The van der Waals surface area contributed by atoms with Crippen LogP contribution in [0, 0.1) is 6.92 Å². The van der Waals surface area contributed by atoms with Crippen LogP contribution in [0.25, 0.3) is 0 Å². The maximum Gasteiger partial charge on any atom is 0.322 e. The van der Waals surface area contributed by atoms with Gasteiger partial charge in [-0.2, -0.15) is 4.98 Å². The second kappa shape index (κ2) is 7.01. The average Bonchev–Trinajstić information content (AvgIpc) is 2.44. The zero-order valence-electron chi connectivity index (χ0n) is 12.3. The molecule has 0 aliphatic rings. The maximum absolute atomic E-state index is 5.68. The molecule has 106 valence electrons. The number of aromatic nitrogens is 2. The highest BCUT2D eigenvalue weighted by Gasteiger charge is 2.05. The zero-order chi connectivity index (χ0) is 14.4. The molecule has 1 aromatic carbocycles. The van der Waals surface area contributed by atoms with Crippen LogP contribution >= 0.6 is 0 Å². The summed E-state index contributed by atoms with van der Waals surface area (Å²) in [4.78, 5) is 8.61. The van der Waals surface area contributed by atoms with E-state index in [1.54, 1.807) is 6.20 Å². The molecule has 2 aromatic rings. The number of rotatable bonds is 6. The molecule has 2 rings (SSSR count). The lowest BCUT2D eigenvalue weighted by atomic mass is 10.1. The van der Waals surface area contributed by atoms with E-state index in [0.717, 1.165) is 36.4 Å². The molecule has 0 bridgehead atoms. The summed E-state index contributed by atoms with van der Waals surface area (Å²) in [6.45, 7) is 4.90. The minimum absolute atomic E-state index is 0.394. The molecule has 0 saturated heterocycles. The Morgan fingerprint density at radius 3 is 2.55 bits per heavy atom. The largest absolute Gasteiger partial charge is 0.424 e. The number of nitrogens with zero attached hydrogens (tertiary/aromatic N) is 2. The summed E-state index contributed by atoms with van der Waals surface area (Å²) in [6.07, 6.45) is 4.05. The predicted molar refractivity (Wildman–Crippen MR) is 80.0 cm³/mol. The fourth-order valence-corrected chi connectivity index (χ4v) is 2.00. The lowest BCUT2D eigenvalue weighted by Crippen LogP contribution is -2.08. The van der Waals surface area contributed by atoms with Crippen molar-refractivity contribution in [3.63, 3.8) is 0 Å². The number of hydrogen-bond acceptors (Lipinski definition) is 4. The number of hydrogen-bond donors (Lipinski definition) is 1. The Labute approximate surface area is 120 Å². The van der Waals surface area contributed by atoms with Crippen LogP contribution in [0.15, 0.2) is 30.5 Å². The third-order valence-electron chi connectivity index (χ3n) is 3.10. The Bertz CT molecular complexity index is 552. The van der Waals surface area contributed by atoms with Crippen molar-refractivity contribution in [3.05, 3.63) is 47.3 Å². The smallest absolute Gasteiger partial charge is 0.322 e. The van der Waals surface area contributed by atoms with Crippen molar-refractivity contribution in [2.24, 2.45) is 0 Å². The molecule has 1 heterocycles. The minimum atomic E-state index is 0.394. The van der Waals surface area contributed by atoms with Gasteiger partial charge < -0.3 is 10.1 Å². The van der Waals surface area contributed by atoms with Gasteiger partial charge in [-0.25, -0.2) is 4.98 Å². The Balaban J connectivity index is 2.07. The van der Waals surface area contributed by atoms with Gasteiger partial charge in [0, 0.05) is 24.0 Å². The minimum Gasteiger partial charge on any atom is -0.424 e. The van der Waals surface area contributed by atoms with Crippen molar-refractivity contribution in [2.75, 3.05) is 7.05 Å².